The predicted octanol–water partition coefficient (Wildman–Crippen LogP) is 5.12. The van der Waals surface area contributed by atoms with Gasteiger partial charge in [-0.1, -0.05) is 30.3 Å². The molecule has 0 amide bonds. The van der Waals surface area contributed by atoms with E-state index in [0.717, 1.165) is 26.8 Å². The molecule has 0 atom stereocenters. The van der Waals surface area contributed by atoms with Crippen molar-refractivity contribution in [3.8, 4) is 21.1 Å². The highest BCUT2D eigenvalue weighted by Gasteiger charge is 2.13. The molecule has 1 aliphatic rings. The van der Waals surface area contributed by atoms with Crippen LogP contribution in [0, 0.1) is 6.92 Å². The molecule has 4 rings (SSSR count). The number of nitrogens with zero attached hydrogens (tertiary/aromatic N) is 3. The first kappa shape index (κ1) is 16.0. The minimum absolute atomic E-state index is 0.289. The number of benzene rings is 1. The van der Waals surface area contributed by atoms with Gasteiger partial charge < -0.3 is 5.73 Å². The summed E-state index contributed by atoms with van der Waals surface area (Å²) in [5.74, 6) is 0.289. The fourth-order valence-corrected chi connectivity index (χ4v) is 4.23. The average molecular weight is 348 g/mol. The lowest BCUT2D eigenvalue weighted by molar-refractivity contribution is 0.742. The van der Waals surface area contributed by atoms with E-state index in [1.165, 1.54) is 36.8 Å². The number of nitrogen functional groups attached to an aromatic ring is 1. The number of rotatable bonds is 3. The molecule has 1 aromatic carbocycles. The van der Waals surface area contributed by atoms with Gasteiger partial charge in [0, 0.05) is 11.8 Å². The first-order chi connectivity index (χ1) is 12.2. The molecule has 0 bridgehead atoms. The molecular weight excluding hydrogens is 328 g/mol. The number of aryl methyl sites for hydroxylation is 1. The van der Waals surface area contributed by atoms with Crippen LogP contribution in [0.2, 0.25) is 0 Å². The lowest BCUT2D eigenvalue weighted by atomic mass is 9.93. The molecule has 25 heavy (non-hydrogen) atoms. The van der Waals surface area contributed by atoms with Crippen LogP contribution in [0.1, 0.15) is 36.9 Å². The quantitative estimate of drug-likeness (QED) is 0.714. The molecule has 2 heterocycles. The van der Waals surface area contributed by atoms with Crippen LogP contribution >= 0.6 is 11.3 Å². The zero-order chi connectivity index (χ0) is 17.2. The topological polar surface area (TPSA) is 64.7 Å². The van der Waals surface area contributed by atoms with E-state index >= 15 is 0 Å². The Labute approximate surface area is 151 Å². The molecule has 5 heteroatoms. The Balaban J connectivity index is 1.64. The number of thiazole rings is 1. The van der Waals surface area contributed by atoms with Crippen LogP contribution in [0.4, 0.5) is 5.95 Å². The molecule has 0 saturated carbocycles. The molecule has 1 aliphatic carbocycles. The van der Waals surface area contributed by atoms with Crippen molar-refractivity contribution in [1.82, 2.24) is 15.0 Å². The van der Waals surface area contributed by atoms with Gasteiger partial charge in [0.1, 0.15) is 5.01 Å². The third-order valence-corrected chi connectivity index (χ3v) is 5.73. The van der Waals surface area contributed by atoms with E-state index in [-0.39, 0.29) is 5.95 Å². The van der Waals surface area contributed by atoms with Gasteiger partial charge in [-0.05, 0) is 49.8 Å². The van der Waals surface area contributed by atoms with E-state index < -0.39 is 0 Å². The van der Waals surface area contributed by atoms with Gasteiger partial charge in [-0.2, -0.15) is 0 Å². The van der Waals surface area contributed by atoms with Crippen LogP contribution < -0.4 is 5.73 Å². The van der Waals surface area contributed by atoms with Crippen LogP contribution in [0.3, 0.4) is 0 Å². The molecule has 0 unspecified atom stereocenters. The van der Waals surface area contributed by atoms with Crippen molar-refractivity contribution < 1.29 is 0 Å². The maximum Gasteiger partial charge on any atom is 0.220 e. The average Bonchev–Trinajstić information content (AvgIpc) is 3.04. The SMILES string of the molecule is Cc1nc(-c2ccc(C3=CCCCC3)cc2)sc1-c1ccnc(N)n1. The second kappa shape index (κ2) is 6.76. The summed E-state index contributed by atoms with van der Waals surface area (Å²) >= 11 is 1.64. The van der Waals surface area contributed by atoms with Crippen molar-refractivity contribution in [2.24, 2.45) is 0 Å². The van der Waals surface area contributed by atoms with Gasteiger partial charge in [-0.15, -0.1) is 11.3 Å². The van der Waals surface area contributed by atoms with Gasteiger partial charge in [-0.25, -0.2) is 15.0 Å². The van der Waals surface area contributed by atoms with E-state index in [0.29, 0.717) is 0 Å². The fraction of sp³-hybridized carbons (Fsp3) is 0.250. The number of hydrogen-bond acceptors (Lipinski definition) is 5. The molecule has 0 fully saturated rings. The Bertz CT molecular complexity index is 925. The molecule has 3 aromatic rings. The van der Waals surface area contributed by atoms with E-state index in [1.54, 1.807) is 17.5 Å². The summed E-state index contributed by atoms with van der Waals surface area (Å²) in [6.07, 6.45) is 9.07. The van der Waals surface area contributed by atoms with Gasteiger partial charge in [0.05, 0.1) is 16.3 Å². The molecule has 2 aromatic heterocycles. The van der Waals surface area contributed by atoms with Crippen LogP contribution in [0.15, 0.2) is 42.6 Å². The molecule has 0 saturated heterocycles. The van der Waals surface area contributed by atoms with Crippen LogP contribution in [0.5, 0.6) is 0 Å². The Morgan fingerprint density at radius 2 is 1.80 bits per heavy atom. The molecule has 0 spiro atoms. The molecule has 126 valence electrons. The largest absolute Gasteiger partial charge is 0.368 e. The summed E-state index contributed by atoms with van der Waals surface area (Å²) in [6.45, 7) is 2.01. The first-order valence-corrected chi connectivity index (χ1v) is 9.38. The number of aromatic nitrogens is 3. The zero-order valence-corrected chi connectivity index (χ0v) is 15.0. The summed E-state index contributed by atoms with van der Waals surface area (Å²) in [5, 5.41) is 1.01. The van der Waals surface area contributed by atoms with Gasteiger partial charge in [0.2, 0.25) is 5.95 Å². The Morgan fingerprint density at radius 3 is 2.52 bits per heavy atom. The maximum atomic E-state index is 5.71. The van der Waals surface area contributed by atoms with E-state index in [2.05, 4.69) is 40.3 Å². The standard InChI is InChI=1S/C20H20N4S/c1-13-18(17-11-12-22-20(21)24-17)25-19(23-13)16-9-7-15(8-10-16)14-5-3-2-4-6-14/h5,7-12H,2-4,6H2,1H3,(H2,21,22,24). The minimum atomic E-state index is 0.289. The van der Waals surface area contributed by atoms with Crippen molar-refractivity contribution in [3.63, 3.8) is 0 Å². The second-order valence-corrected chi connectivity index (χ2v) is 7.29. The second-order valence-electron chi connectivity index (χ2n) is 6.29. The normalized spacial score (nSPS) is 14.4. The smallest absolute Gasteiger partial charge is 0.220 e. The van der Waals surface area contributed by atoms with E-state index in [4.69, 9.17) is 10.7 Å². The van der Waals surface area contributed by atoms with Crippen LogP contribution in [-0.4, -0.2) is 15.0 Å². The Hall–Kier alpha value is -2.53. The Kier molecular flexibility index (Phi) is 4.32. The van der Waals surface area contributed by atoms with Crippen molar-refractivity contribution >= 4 is 22.9 Å². The summed E-state index contributed by atoms with van der Waals surface area (Å²) in [4.78, 5) is 14.1. The molecule has 4 nitrogen and oxygen atoms in total. The third-order valence-electron chi connectivity index (χ3n) is 4.50. The maximum absolute atomic E-state index is 5.71. The number of nitrogens with two attached hydrogens (primary N) is 1. The highest BCUT2D eigenvalue weighted by atomic mass is 32.1. The van der Waals surface area contributed by atoms with Crippen molar-refractivity contribution in [2.75, 3.05) is 5.73 Å². The lowest BCUT2D eigenvalue weighted by Gasteiger charge is -2.12. The van der Waals surface area contributed by atoms with Gasteiger partial charge >= 0.3 is 0 Å². The molecule has 2 N–H and O–H groups in total. The monoisotopic (exact) mass is 348 g/mol. The molecule has 0 radical (unpaired) electrons. The predicted molar refractivity (Wildman–Crippen MR) is 104 cm³/mol. The van der Waals surface area contributed by atoms with Gasteiger partial charge in [-0.3, -0.25) is 0 Å². The summed E-state index contributed by atoms with van der Waals surface area (Å²) in [5.41, 5.74) is 11.5. The van der Waals surface area contributed by atoms with Crippen molar-refractivity contribution in [3.05, 3.63) is 53.9 Å². The third kappa shape index (κ3) is 3.33. The molecular formula is C20H20N4S. The zero-order valence-electron chi connectivity index (χ0n) is 14.2. The van der Waals surface area contributed by atoms with Crippen molar-refractivity contribution in [2.45, 2.75) is 32.6 Å². The Morgan fingerprint density at radius 1 is 1.00 bits per heavy atom. The lowest BCUT2D eigenvalue weighted by Crippen LogP contribution is -1.94. The number of hydrogen-bond donors (Lipinski definition) is 1. The minimum Gasteiger partial charge on any atom is -0.368 e. The highest BCUT2D eigenvalue weighted by Crippen LogP contribution is 2.35. The fourth-order valence-electron chi connectivity index (χ4n) is 3.18. The van der Waals surface area contributed by atoms with Crippen LogP contribution in [-0.2, 0) is 0 Å². The van der Waals surface area contributed by atoms with Crippen molar-refractivity contribution in [1.29, 1.82) is 0 Å². The van der Waals surface area contributed by atoms with E-state index in [1.807, 2.05) is 13.0 Å². The van der Waals surface area contributed by atoms with Gasteiger partial charge in [0.25, 0.3) is 0 Å². The molecule has 0 aliphatic heterocycles. The van der Waals surface area contributed by atoms with E-state index in [9.17, 15) is 0 Å². The summed E-state index contributed by atoms with van der Waals surface area (Å²) < 4.78 is 0. The number of allylic oxidation sites excluding steroid dienone is 2. The highest BCUT2D eigenvalue weighted by molar-refractivity contribution is 7.18. The summed E-state index contributed by atoms with van der Waals surface area (Å²) in [7, 11) is 0. The summed E-state index contributed by atoms with van der Waals surface area (Å²) in [6, 6.07) is 10.6. The van der Waals surface area contributed by atoms with Crippen LogP contribution in [0.25, 0.3) is 26.7 Å². The van der Waals surface area contributed by atoms with Gasteiger partial charge in [0.15, 0.2) is 0 Å². The first-order valence-electron chi connectivity index (χ1n) is 8.57. The number of anilines is 1.